The highest BCUT2D eigenvalue weighted by Crippen LogP contribution is 2.25. The molecule has 2 unspecified atom stereocenters. The number of amides is 3. The Labute approximate surface area is 218 Å². The van der Waals surface area contributed by atoms with E-state index < -0.39 is 29.3 Å². The van der Waals surface area contributed by atoms with Gasteiger partial charge in [-0.1, -0.05) is 63.8 Å². The summed E-state index contributed by atoms with van der Waals surface area (Å²) in [4.78, 5) is 41.4. The van der Waals surface area contributed by atoms with E-state index >= 15 is 0 Å². The maximum absolute atomic E-state index is 13.7. The highest BCUT2D eigenvalue weighted by Gasteiger charge is 2.35. The molecule has 7 nitrogen and oxygen atoms in total. The molecule has 0 aliphatic heterocycles. The molecule has 2 atom stereocenters. The van der Waals surface area contributed by atoms with Crippen molar-refractivity contribution in [3.8, 4) is 0 Å². The summed E-state index contributed by atoms with van der Waals surface area (Å²) in [5.41, 5.74) is 0.767. The van der Waals surface area contributed by atoms with Crippen molar-refractivity contribution in [1.29, 1.82) is 0 Å². The molecule has 0 aliphatic carbocycles. The predicted octanol–water partition coefficient (Wildman–Crippen LogP) is 5.92. The minimum atomic E-state index is -0.852. The van der Waals surface area contributed by atoms with Gasteiger partial charge in [-0.05, 0) is 72.4 Å². The Morgan fingerprint density at radius 3 is 2.00 bits per heavy atom. The third-order valence-electron chi connectivity index (χ3n) is 5.65. The normalized spacial score (nSPS) is 13.5. The van der Waals surface area contributed by atoms with Gasteiger partial charge >= 0.3 is 6.09 Å². The Kier molecular flexibility index (Phi) is 12.4. The summed E-state index contributed by atoms with van der Waals surface area (Å²) >= 11 is 0. The predicted molar refractivity (Wildman–Crippen MR) is 146 cm³/mol. The largest absolute Gasteiger partial charge is 0.444 e. The number of alkyl carbamates (subject to hydrolysis) is 1. The van der Waals surface area contributed by atoms with Gasteiger partial charge in [-0.15, -0.1) is 0 Å². The van der Waals surface area contributed by atoms with Crippen LogP contribution in [0.5, 0.6) is 0 Å². The van der Waals surface area contributed by atoms with Crippen LogP contribution in [0.4, 0.5) is 4.79 Å². The number of hydrogen-bond donors (Lipinski definition) is 2. The van der Waals surface area contributed by atoms with Gasteiger partial charge in [0, 0.05) is 12.1 Å². The maximum Gasteiger partial charge on any atom is 0.408 e. The zero-order chi connectivity index (χ0) is 27.5. The highest BCUT2D eigenvalue weighted by atomic mass is 16.6. The van der Waals surface area contributed by atoms with E-state index in [0.717, 1.165) is 49.7 Å². The number of hydrogen-bond acceptors (Lipinski definition) is 4. The van der Waals surface area contributed by atoms with E-state index in [0.29, 0.717) is 6.54 Å². The first-order valence-electron chi connectivity index (χ1n) is 13.4. The van der Waals surface area contributed by atoms with Gasteiger partial charge in [0.2, 0.25) is 11.8 Å². The van der Waals surface area contributed by atoms with Gasteiger partial charge in [-0.2, -0.15) is 0 Å². The number of nitrogens with one attached hydrogen (secondary N) is 2. The Hall–Kier alpha value is -2.57. The smallest absolute Gasteiger partial charge is 0.408 e. The third-order valence-corrected chi connectivity index (χ3v) is 5.65. The molecule has 7 heteroatoms. The van der Waals surface area contributed by atoms with Crippen LogP contribution in [0.3, 0.4) is 0 Å². The molecule has 0 aromatic heterocycles. The molecule has 204 valence electrons. The lowest BCUT2D eigenvalue weighted by atomic mass is 9.98. The van der Waals surface area contributed by atoms with Crippen molar-refractivity contribution in [2.24, 2.45) is 0 Å². The second kappa shape index (κ2) is 14.2. The summed E-state index contributed by atoms with van der Waals surface area (Å²) in [5, 5.41) is 5.71. The lowest BCUT2D eigenvalue weighted by Gasteiger charge is -2.35. The fourth-order valence-electron chi connectivity index (χ4n) is 3.89. The van der Waals surface area contributed by atoms with Gasteiger partial charge < -0.3 is 20.3 Å². The van der Waals surface area contributed by atoms with Crippen LogP contribution in [-0.4, -0.2) is 46.5 Å². The summed E-state index contributed by atoms with van der Waals surface area (Å²) in [6.45, 7) is 17.4. The SMILES string of the molecule is CCCCCCCN(C(=O)C(C)NC(=O)OC(C)(C)C)C(C(=O)NC(C)(C)C)c1ccc(CC)cc1. The summed E-state index contributed by atoms with van der Waals surface area (Å²) in [6, 6.07) is 6.19. The van der Waals surface area contributed by atoms with Crippen LogP contribution >= 0.6 is 0 Å². The van der Waals surface area contributed by atoms with Crippen LogP contribution in [0.25, 0.3) is 0 Å². The van der Waals surface area contributed by atoms with Crippen molar-refractivity contribution < 1.29 is 19.1 Å². The molecule has 0 aliphatic rings. The lowest BCUT2D eigenvalue weighted by molar-refractivity contribution is -0.142. The van der Waals surface area contributed by atoms with Crippen LogP contribution in [0.1, 0.15) is 112 Å². The van der Waals surface area contributed by atoms with Gasteiger partial charge in [-0.3, -0.25) is 9.59 Å². The van der Waals surface area contributed by atoms with Crippen molar-refractivity contribution in [2.75, 3.05) is 6.54 Å². The molecule has 1 aromatic carbocycles. The van der Waals surface area contributed by atoms with Crippen molar-refractivity contribution in [3.05, 3.63) is 35.4 Å². The van der Waals surface area contributed by atoms with E-state index in [2.05, 4.69) is 24.5 Å². The quantitative estimate of drug-likeness (QED) is 0.347. The van der Waals surface area contributed by atoms with E-state index in [1.54, 1.807) is 32.6 Å². The molecule has 0 spiro atoms. The summed E-state index contributed by atoms with van der Waals surface area (Å²) in [6.07, 6.45) is 5.31. The second-order valence-electron chi connectivity index (χ2n) is 11.6. The molecule has 0 heterocycles. The van der Waals surface area contributed by atoms with Gasteiger partial charge in [0.25, 0.3) is 0 Å². The number of carbonyl (C=O) groups is 3. The molecule has 1 aromatic rings. The van der Waals surface area contributed by atoms with Gasteiger partial charge in [0.05, 0.1) is 0 Å². The molecule has 3 amide bonds. The second-order valence-corrected chi connectivity index (χ2v) is 11.6. The zero-order valence-electron chi connectivity index (χ0n) is 24.0. The summed E-state index contributed by atoms with van der Waals surface area (Å²) < 4.78 is 5.35. The first-order chi connectivity index (χ1) is 16.7. The van der Waals surface area contributed by atoms with Crippen molar-refractivity contribution >= 4 is 17.9 Å². The fraction of sp³-hybridized carbons (Fsp3) is 0.690. The number of ether oxygens (including phenoxy) is 1. The van der Waals surface area contributed by atoms with Crippen molar-refractivity contribution in [3.63, 3.8) is 0 Å². The van der Waals surface area contributed by atoms with Crippen LogP contribution in [0.15, 0.2) is 24.3 Å². The number of carbonyl (C=O) groups excluding carboxylic acids is 3. The van der Waals surface area contributed by atoms with Gasteiger partial charge in [0.15, 0.2) is 0 Å². The number of rotatable bonds is 12. The minimum absolute atomic E-state index is 0.238. The standard InChI is InChI=1S/C29H49N3O4/c1-10-12-13-14-15-20-32(26(34)21(3)30-27(35)36-29(7,8)9)24(25(33)31-28(4,5)6)23-18-16-22(11-2)17-19-23/h16-19,21,24H,10-15,20H2,1-9H3,(H,30,35)(H,31,33). The van der Waals surface area contributed by atoms with Crippen molar-refractivity contribution in [2.45, 2.75) is 124 Å². The molecular weight excluding hydrogens is 454 g/mol. The first kappa shape index (κ1) is 31.5. The van der Waals surface area contributed by atoms with E-state index in [9.17, 15) is 14.4 Å². The Morgan fingerprint density at radius 1 is 0.917 bits per heavy atom. The Morgan fingerprint density at radius 2 is 1.50 bits per heavy atom. The highest BCUT2D eigenvalue weighted by molar-refractivity contribution is 5.92. The molecular formula is C29H49N3O4. The zero-order valence-corrected chi connectivity index (χ0v) is 24.0. The van der Waals surface area contributed by atoms with Gasteiger partial charge in [0.1, 0.15) is 17.7 Å². The van der Waals surface area contributed by atoms with E-state index in [1.807, 2.05) is 45.0 Å². The molecule has 0 saturated carbocycles. The molecule has 36 heavy (non-hydrogen) atoms. The van der Waals surface area contributed by atoms with Crippen LogP contribution < -0.4 is 10.6 Å². The number of nitrogens with zero attached hydrogens (tertiary/aromatic N) is 1. The van der Waals surface area contributed by atoms with E-state index in [-0.39, 0.29) is 11.8 Å². The third kappa shape index (κ3) is 11.4. The van der Waals surface area contributed by atoms with E-state index in [1.165, 1.54) is 0 Å². The number of aryl methyl sites for hydroxylation is 1. The minimum Gasteiger partial charge on any atom is -0.444 e. The van der Waals surface area contributed by atoms with Crippen LogP contribution in [-0.2, 0) is 20.7 Å². The summed E-state index contributed by atoms with van der Waals surface area (Å²) in [7, 11) is 0. The average molecular weight is 504 g/mol. The topological polar surface area (TPSA) is 87.7 Å². The lowest BCUT2D eigenvalue weighted by Crippen LogP contribution is -2.54. The maximum atomic E-state index is 13.7. The van der Waals surface area contributed by atoms with E-state index in [4.69, 9.17) is 4.74 Å². The molecule has 1 rings (SSSR count). The van der Waals surface area contributed by atoms with Crippen LogP contribution in [0, 0.1) is 0 Å². The Bertz CT molecular complexity index is 838. The monoisotopic (exact) mass is 503 g/mol. The summed E-state index contributed by atoms with van der Waals surface area (Å²) in [5.74, 6) is -0.553. The molecule has 2 N–H and O–H groups in total. The molecule has 0 saturated heterocycles. The van der Waals surface area contributed by atoms with Crippen LogP contribution in [0.2, 0.25) is 0 Å². The van der Waals surface area contributed by atoms with Crippen molar-refractivity contribution in [1.82, 2.24) is 15.5 Å². The molecule has 0 bridgehead atoms. The average Bonchev–Trinajstić information content (AvgIpc) is 2.75. The molecule has 0 radical (unpaired) electrons. The van der Waals surface area contributed by atoms with Gasteiger partial charge in [-0.25, -0.2) is 4.79 Å². The number of benzene rings is 1. The fourth-order valence-corrected chi connectivity index (χ4v) is 3.89. The molecule has 0 fully saturated rings. The number of unbranched alkanes of at least 4 members (excludes halogenated alkanes) is 4. The Balaban J connectivity index is 3.33. The first-order valence-corrected chi connectivity index (χ1v) is 13.4.